The quantitative estimate of drug-likeness (QED) is 0.610. The van der Waals surface area contributed by atoms with Crippen LogP contribution in [0.1, 0.15) is 12.8 Å². The number of carbonyl (C=O) groups is 1. The van der Waals surface area contributed by atoms with Gasteiger partial charge < -0.3 is 0 Å². The van der Waals surface area contributed by atoms with Crippen molar-refractivity contribution in [2.75, 3.05) is 0 Å². The third kappa shape index (κ3) is 2.74. The molecule has 0 spiro atoms. The Morgan fingerprint density at radius 3 is 2.50 bits per heavy atom. The normalized spacial score (nSPS) is 19.7. The number of thiol groups is 1. The Bertz CT molecular complexity index is 116. The Kier molecular flexibility index (Phi) is 3.26. The molecule has 53 valence electrons. The summed E-state index contributed by atoms with van der Waals surface area (Å²) in [6.07, 6.45) is 9.31. The maximum atomic E-state index is 10.4. The Balaban J connectivity index is 2.07. The SMILES string of the molecule is O=C(S)CC[C]1[CH][CH][CH][CH]1. The number of carbonyl (C=O) groups excluding carboxylic acids is 1. The molecule has 0 N–H and O–H groups in total. The second-order valence-electron chi connectivity index (χ2n) is 2.19. The van der Waals surface area contributed by atoms with Gasteiger partial charge in [-0.15, -0.1) is 12.6 Å². The lowest BCUT2D eigenvalue weighted by molar-refractivity contribution is -0.110. The van der Waals surface area contributed by atoms with Gasteiger partial charge in [0, 0.05) is 6.42 Å². The van der Waals surface area contributed by atoms with Crippen LogP contribution in [-0.4, -0.2) is 5.12 Å². The van der Waals surface area contributed by atoms with Crippen molar-refractivity contribution in [1.82, 2.24) is 0 Å². The summed E-state index contributed by atoms with van der Waals surface area (Å²) in [4.78, 5) is 10.4. The van der Waals surface area contributed by atoms with Gasteiger partial charge >= 0.3 is 0 Å². The first-order valence-electron chi connectivity index (χ1n) is 3.21. The second-order valence-corrected chi connectivity index (χ2v) is 2.69. The molecule has 0 heterocycles. The van der Waals surface area contributed by atoms with Crippen LogP contribution in [0.5, 0.6) is 0 Å². The minimum absolute atomic E-state index is 0.0406. The summed E-state index contributed by atoms with van der Waals surface area (Å²) in [6, 6.07) is 0. The third-order valence-corrected chi connectivity index (χ3v) is 1.58. The van der Waals surface area contributed by atoms with Crippen molar-refractivity contribution in [3.63, 3.8) is 0 Å². The van der Waals surface area contributed by atoms with Gasteiger partial charge in [0.05, 0.1) is 0 Å². The molecule has 0 aromatic heterocycles. The molecule has 1 aliphatic rings. The Morgan fingerprint density at radius 2 is 2.00 bits per heavy atom. The van der Waals surface area contributed by atoms with E-state index in [1.165, 1.54) is 5.92 Å². The zero-order chi connectivity index (χ0) is 7.40. The molecule has 1 saturated carbocycles. The van der Waals surface area contributed by atoms with Crippen molar-refractivity contribution in [2.24, 2.45) is 0 Å². The van der Waals surface area contributed by atoms with E-state index in [0.29, 0.717) is 6.42 Å². The lowest BCUT2D eigenvalue weighted by atomic mass is 10.0. The van der Waals surface area contributed by atoms with Gasteiger partial charge in [0.25, 0.3) is 0 Å². The van der Waals surface area contributed by atoms with Crippen LogP contribution < -0.4 is 0 Å². The fraction of sp³-hybridized carbons (Fsp3) is 0.250. The zero-order valence-electron chi connectivity index (χ0n) is 5.58. The minimum Gasteiger partial charge on any atom is -0.288 e. The van der Waals surface area contributed by atoms with Gasteiger partial charge in [-0.3, -0.25) is 4.79 Å². The van der Waals surface area contributed by atoms with Crippen LogP contribution >= 0.6 is 12.6 Å². The first-order valence-corrected chi connectivity index (χ1v) is 3.66. The fourth-order valence-corrected chi connectivity index (χ4v) is 0.944. The standard InChI is InChI=1S/C8H9OS/c9-8(10)6-5-7-3-1-2-4-7/h1-4H,5-6H2,(H,9,10). The highest BCUT2D eigenvalue weighted by molar-refractivity contribution is 7.96. The first-order chi connectivity index (χ1) is 4.79. The molecular formula is C8H9OS. The maximum absolute atomic E-state index is 10.4. The lowest BCUT2D eigenvalue weighted by Crippen LogP contribution is -1.95. The number of hydrogen-bond donors (Lipinski definition) is 1. The van der Waals surface area contributed by atoms with Gasteiger partial charge in [-0.25, -0.2) is 0 Å². The predicted molar refractivity (Wildman–Crippen MR) is 43.7 cm³/mol. The number of hydrogen-bond acceptors (Lipinski definition) is 1. The van der Waals surface area contributed by atoms with Gasteiger partial charge in [-0.2, -0.15) is 0 Å². The van der Waals surface area contributed by atoms with Crippen LogP contribution in [0.4, 0.5) is 0 Å². The highest BCUT2D eigenvalue weighted by Gasteiger charge is 2.16. The molecule has 1 aliphatic carbocycles. The van der Waals surface area contributed by atoms with Crippen molar-refractivity contribution in [3.05, 3.63) is 31.6 Å². The summed E-state index contributed by atoms with van der Waals surface area (Å²) in [5.41, 5.74) is 0. The second kappa shape index (κ2) is 4.02. The largest absolute Gasteiger partial charge is 0.288 e. The van der Waals surface area contributed by atoms with E-state index in [1.54, 1.807) is 0 Å². The van der Waals surface area contributed by atoms with Crippen LogP contribution in [0.15, 0.2) is 0 Å². The van der Waals surface area contributed by atoms with Crippen LogP contribution in [0, 0.1) is 31.6 Å². The molecule has 0 saturated heterocycles. The van der Waals surface area contributed by atoms with E-state index >= 15 is 0 Å². The molecule has 1 rings (SSSR count). The van der Waals surface area contributed by atoms with Crippen LogP contribution in [-0.2, 0) is 4.79 Å². The number of rotatable bonds is 3. The molecular weight excluding hydrogens is 144 g/mol. The van der Waals surface area contributed by atoms with E-state index in [0.717, 1.165) is 6.42 Å². The summed E-state index contributed by atoms with van der Waals surface area (Å²) < 4.78 is 0. The van der Waals surface area contributed by atoms with Crippen molar-refractivity contribution >= 4 is 17.7 Å². The zero-order valence-corrected chi connectivity index (χ0v) is 6.47. The van der Waals surface area contributed by atoms with E-state index in [9.17, 15) is 4.79 Å². The van der Waals surface area contributed by atoms with E-state index in [-0.39, 0.29) is 5.12 Å². The molecule has 0 amide bonds. The predicted octanol–water partition coefficient (Wildman–Crippen LogP) is 1.63. The van der Waals surface area contributed by atoms with Crippen molar-refractivity contribution in [1.29, 1.82) is 0 Å². The smallest absolute Gasteiger partial charge is 0.185 e. The summed E-state index contributed by atoms with van der Waals surface area (Å²) in [5, 5.41) is -0.0406. The summed E-state index contributed by atoms with van der Waals surface area (Å²) >= 11 is 3.67. The maximum Gasteiger partial charge on any atom is 0.185 e. The topological polar surface area (TPSA) is 17.1 Å². The van der Waals surface area contributed by atoms with Gasteiger partial charge in [0.15, 0.2) is 5.12 Å². The van der Waals surface area contributed by atoms with E-state index in [2.05, 4.69) is 12.6 Å². The highest BCUT2D eigenvalue weighted by Crippen LogP contribution is 2.27. The Labute approximate surface area is 67.6 Å². The molecule has 2 heteroatoms. The molecule has 0 aliphatic heterocycles. The van der Waals surface area contributed by atoms with E-state index in [4.69, 9.17) is 0 Å². The summed E-state index contributed by atoms with van der Waals surface area (Å²) in [7, 11) is 0. The molecule has 0 atom stereocenters. The molecule has 0 unspecified atom stereocenters. The van der Waals surface area contributed by atoms with Gasteiger partial charge in [0.1, 0.15) is 0 Å². The van der Waals surface area contributed by atoms with E-state index in [1.807, 2.05) is 25.7 Å². The first kappa shape index (κ1) is 8.12. The molecule has 1 fully saturated rings. The highest BCUT2D eigenvalue weighted by atomic mass is 32.1. The lowest BCUT2D eigenvalue weighted by Gasteiger charge is -2.03. The molecule has 0 aromatic rings. The van der Waals surface area contributed by atoms with Gasteiger partial charge in [0.2, 0.25) is 0 Å². The molecule has 0 aromatic carbocycles. The molecule has 0 bridgehead atoms. The average molecular weight is 153 g/mol. The van der Waals surface area contributed by atoms with E-state index < -0.39 is 0 Å². The third-order valence-electron chi connectivity index (χ3n) is 1.36. The Hall–Kier alpha value is 0.0200. The van der Waals surface area contributed by atoms with Gasteiger partial charge in [-0.05, 0) is 38.0 Å². The summed E-state index contributed by atoms with van der Waals surface area (Å²) in [6.45, 7) is 0. The molecule has 1 nitrogen and oxygen atoms in total. The average Bonchev–Trinajstić information content (AvgIpc) is 2.34. The van der Waals surface area contributed by atoms with Gasteiger partial charge in [-0.1, -0.05) is 0 Å². The van der Waals surface area contributed by atoms with Crippen LogP contribution in [0.25, 0.3) is 0 Å². The van der Waals surface area contributed by atoms with Crippen molar-refractivity contribution in [3.8, 4) is 0 Å². The van der Waals surface area contributed by atoms with Crippen LogP contribution in [0.3, 0.4) is 0 Å². The Morgan fingerprint density at radius 1 is 1.40 bits per heavy atom. The molecule has 10 heavy (non-hydrogen) atoms. The summed E-state index contributed by atoms with van der Waals surface area (Å²) in [5.74, 6) is 1.21. The van der Waals surface area contributed by atoms with Crippen molar-refractivity contribution < 1.29 is 4.79 Å². The van der Waals surface area contributed by atoms with Crippen LogP contribution in [0.2, 0.25) is 0 Å². The monoisotopic (exact) mass is 153 g/mol. The minimum atomic E-state index is -0.0406. The fourth-order valence-electron chi connectivity index (χ4n) is 0.832. The van der Waals surface area contributed by atoms with Crippen molar-refractivity contribution in [2.45, 2.75) is 12.8 Å². The molecule has 5 radical (unpaired) electrons.